The van der Waals surface area contributed by atoms with Gasteiger partial charge in [-0.1, -0.05) is 19.1 Å². The van der Waals surface area contributed by atoms with Gasteiger partial charge in [0.05, 0.1) is 4.47 Å². The molecule has 1 unspecified atom stereocenters. The second kappa shape index (κ2) is 7.80. The molecule has 1 N–H and O–H groups in total. The summed E-state index contributed by atoms with van der Waals surface area (Å²) in [5.41, 5.74) is 0. The molecule has 1 fully saturated rings. The van der Waals surface area contributed by atoms with Gasteiger partial charge in [0.1, 0.15) is 5.75 Å². The number of carbonyl (C=O) groups excluding carboxylic acids is 1. The number of piperidine rings is 1. The molecule has 1 atom stereocenters. The largest absolute Gasteiger partial charge is 0.480 e. The van der Waals surface area contributed by atoms with E-state index in [-0.39, 0.29) is 11.9 Å². The fraction of sp³-hybridized carbons (Fsp3) is 0.562. The Kier molecular flexibility index (Phi) is 6.06. The summed E-state index contributed by atoms with van der Waals surface area (Å²) >= 11 is 3.42. The third kappa shape index (κ3) is 4.71. The molecule has 2 rings (SSSR count). The topological polar surface area (TPSA) is 41.6 Å². The zero-order valence-corrected chi connectivity index (χ0v) is 14.2. The van der Waals surface area contributed by atoms with Gasteiger partial charge in [0.25, 0.3) is 5.91 Å². The zero-order valence-electron chi connectivity index (χ0n) is 12.6. The van der Waals surface area contributed by atoms with Crippen molar-refractivity contribution < 1.29 is 9.53 Å². The van der Waals surface area contributed by atoms with Crippen LogP contribution in [0.4, 0.5) is 0 Å². The Balaban J connectivity index is 1.82. The van der Waals surface area contributed by atoms with Crippen molar-refractivity contribution in [2.75, 3.05) is 19.6 Å². The van der Waals surface area contributed by atoms with Crippen LogP contribution >= 0.6 is 15.9 Å². The third-order valence-electron chi connectivity index (χ3n) is 3.89. The number of hydrogen-bond acceptors (Lipinski definition) is 3. The summed E-state index contributed by atoms with van der Waals surface area (Å²) in [4.78, 5) is 14.6. The number of nitrogens with zero attached hydrogens (tertiary/aromatic N) is 1. The van der Waals surface area contributed by atoms with Gasteiger partial charge in [-0.25, -0.2) is 0 Å². The molecule has 1 aliphatic heterocycles. The van der Waals surface area contributed by atoms with Gasteiger partial charge >= 0.3 is 0 Å². The molecular weight excluding hydrogens is 332 g/mol. The van der Waals surface area contributed by atoms with Gasteiger partial charge in [-0.05, 0) is 54.4 Å². The molecule has 1 aliphatic rings. The van der Waals surface area contributed by atoms with Crippen LogP contribution < -0.4 is 10.1 Å². The maximum absolute atomic E-state index is 12.2. The summed E-state index contributed by atoms with van der Waals surface area (Å²) < 4.78 is 6.58. The van der Waals surface area contributed by atoms with Crippen molar-refractivity contribution in [3.63, 3.8) is 0 Å². The average Bonchev–Trinajstić information content (AvgIpc) is 2.50. The quantitative estimate of drug-likeness (QED) is 0.883. The number of halogens is 1. The lowest BCUT2D eigenvalue weighted by Crippen LogP contribution is -2.48. The lowest BCUT2D eigenvalue weighted by Gasteiger charge is -2.32. The molecule has 0 saturated carbocycles. The minimum absolute atomic E-state index is 0.0410. The predicted molar refractivity (Wildman–Crippen MR) is 87.5 cm³/mol. The Morgan fingerprint density at radius 2 is 2.10 bits per heavy atom. The first-order valence-corrected chi connectivity index (χ1v) is 8.33. The minimum atomic E-state index is -0.493. The van der Waals surface area contributed by atoms with E-state index in [2.05, 4.69) is 33.1 Å². The first-order chi connectivity index (χ1) is 10.1. The number of rotatable bonds is 5. The number of nitrogens with one attached hydrogen (secondary N) is 1. The van der Waals surface area contributed by atoms with Gasteiger partial charge in [-0.3, -0.25) is 4.79 Å². The highest BCUT2D eigenvalue weighted by Crippen LogP contribution is 2.24. The van der Waals surface area contributed by atoms with E-state index in [0.717, 1.165) is 36.9 Å². The fourth-order valence-corrected chi connectivity index (χ4v) is 2.87. The van der Waals surface area contributed by atoms with Gasteiger partial charge in [-0.2, -0.15) is 0 Å². The number of para-hydroxylation sites is 1. The van der Waals surface area contributed by atoms with Crippen LogP contribution in [0.15, 0.2) is 28.7 Å². The van der Waals surface area contributed by atoms with Crippen LogP contribution in [0, 0.1) is 0 Å². The summed E-state index contributed by atoms with van der Waals surface area (Å²) in [6.07, 6.45) is 1.54. The normalized spacial score (nSPS) is 18.2. The molecule has 1 amide bonds. The zero-order chi connectivity index (χ0) is 15.2. The molecule has 1 saturated heterocycles. The van der Waals surface area contributed by atoms with Crippen molar-refractivity contribution in [3.8, 4) is 5.75 Å². The van der Waals surface area contributed by atoms with E-state index in [1.807, 2.05) is 24.3 Å². The molecule has 1 aromatic rings. The van der Waals surface area contributed by atoms with Gasteiger partial charge in [0.2, 0.25) is 0 Å². The van der Waals surface area contributed by atoms with Crippen LogP contribution in [0.3, 0.4) is 0 Å². The smallest absolute Gasteiger partial charge is 0.260 e. The van der Waals surface area contributed by atoms with Gasteiger partial charge < -0.3 is 15.0 Å². The molecule has 0 aromatic heterocycles. The summed E-state index contributed by atoms with van der Waals surface area (Å²) in [5.74, 6) is 0.654. The van der Waals surface area contributed by atoms with Gasteiger partial charge in [0.15, 0.2) is 6.10 Å². The summed E-state index contributed by atoms with van der Waals surface area (Å²) in [6.45, 7) is 7.16. The van der Waals surface area contributed by atoms with Crippen LogP contribution in [-0.4, -0.2) is 42.6 Å². The summed E-state index contributed by atoms with van der Waals surface area (Å²) in [7, 11) is 0. The van der Waals surface area contributed by atoms with Crippen LogP contribution in [0.25, 0.3) is 0 Å². The van der Waals surface area contributed by atoms with Crippen molar-refractivity contribution in [2.45, 2.75) is 38.8 Å². The Morgan fingerprint density at radius 1 is 1.43 bits per heavy atom. The molecule has 4 nitrogen and oxygen atoms in total. The van der Waals surface area contributed by atoms with Gasteiger partial charge in [0, 0.05) is 19.1 Å². The Morgan fingerprint density at radius 3 is 2.71 bits per heavy atom. The third-order valence-corrected chi connectivity index (χ3v) is 4.55. The highest BCUT2D eigenvalue weighted by molar-refractivity contribution is 9.10. The second-order valence-electron chi connectivity index (χ2n) is 5.41. The van der Waals surface area contributed by atoms with Gasteiger partial charge in [-0.15, -0.1) is 0 Å². The number of benzene rings is 1. The fourth-order valence-electron chi connectivity index (χ4n) is 2.50. The van der Waals surface area contributed by atoms with Crippen LogP contribution in [0.1, 0.15) is 26.7 Å². The first-order valence-electron chi connectivity index (χ1n) is 7.54. The number of ether oxygens (including phenoxy) is 1. The number of hydrogen-bond donors (Lipinski definition) is 1. The molecule has 116 valence electrons. The van der Waals surface area contributed by atoms with Crippen molar-refractivity contribution >= 4 is 21.8 Å². The monoisotopic (exact) mass is 354 g/mol. The molecule has 21 heavy (non-hydrogen) atoms. The molecular formula is C16H23BrN2O2. The van der Waals surface area contributed by atoms with Crippen LogP contribution in [0.2, 0.25) is 0 Å². The molecule has 1 aromatic carbocycles. The van der Waals surface area contributed by atoms with Crippen LogP contribution in [-0.2, 0) is 4.79 Å². The standard InChI is InChI=1S/C16H23BrN2O2/c1-3-19-10-8-13(9-11-19)18-16(20)12(2)21-15-7-5-4-6-14(15)17/h4-7,12-13H,3,8-11H2,1-2H3,(H,18,20). The lowest BCUT2D eigenvalue weighted by atomic mass is 10.0. The summed E-state index contributed by atoms with van der Waals surface area (Å²) in [6, 6.07) is 7.84. The second-order valence-corrected chi connectivity index (χ2v) is 6.26. The van der Waals surface area contributed by atoms with E-state index in [0.29, 0.717) is 5.75 Å². The first kappa shape index (κ1) is 16.3. The maximum Gasteiger partial charge on any atom is 0.260 e. The molecule has 0 aliphatic carbocycles. The maximum atomic E-state index is 12.2. The Hall–Kier alpha value is -1.07. The van der Waals surface area contributed by atoms with E-state index in [1.165, 1.54) is 0 Å². The highest BCUT2D eigenvalue weighted by atomic mass is 79.9. The van der Waals surface area contributed by atoms with E-state index < -0.39 is 6.10 Å². The molecule has 0 radical (unpaired) electrons. The Bertz CT molecular complexity index is 473. The number of carbonyl (C=O) groups is 1. The highest BCUT2D eigenvalue weighted by Gasteiger charge is 2.23. The minimum Gasteiger partial charge on any atom is -0.480 e. The van der Waals surface area contributed by atoms with Crippen molar-refractivity contribution in [1.29, 1.82) is 0 Å². The summed E-state index contributed by atoms with van der Waals surface area (Å²) in [5, 5.41) is 3.10. The Labute approximate surface area is 135 Å². The number of amides is 1. The van der Waals surface area contributed by atoms with Crippen molar-refractivity contribution in [2.24, 2.45) is 0 Å². The molecule has 0 spiro atoms. The SMILES string of the molecule is CCN1CCC(NC(=O)C(C)Oc2ccccc2Br)CC1. The van der Waals surface area contributed by atoms with Crippen molar-refractivity contribution in [1.82, 2.24) is 10.2 Å². The van der Waals surface area contributed by atoms with E-state index in [1.54, 1.807) is 6.92 Å². The lowest BCUT2D eigenvalue weighted by molar-refractivity contribution is -0.128. The van der Waals surface area contributed by atoms with E-state index in [9.17, 15) is 4.79 Å². The van der Waals surface area contributed by atoms with E-state index in [4.69, 9.17) is 4.74 Å². The van der Waals surface area contributed by atoms with E-state index >= 15 is 0 Å². The average molecular weight is 355 g/mol. The number of likely N-dealkylation sites (tertiary alicyclic amines) is 1. The molecule has 5 heteroatoms. The predicted octanol–water partition coefficient (Wildman–Crippen LogP) is 2.82. The van der Waals surface area contributed by atoms with Crippen LogP contribution in [0.5, 0.6) is 5.75 Å². The molecule has 1 heterocycles. The molecule has 0 bridgehead atoms. The van der Waals surface area contributed by atoms with Crippen molar-refractivity contribution in [3.05, 3.63) is 28.7 Å².